The Morgan fingerprint density at radius 3 is 1.62 bits per heavy atom. The lowest BCUT2D eigenvalue weighted by molar-refractivity contribution is 0.0696. The molecule has 0 amide bonds. The van der Waals surface area contributed by atoms with Crippen molar-refractivity contribution >= 4 is 5.96 Å². The van der Waals surface area contributed by atoms with Gasteiger partial charge in [0.2, 0.25) is 0 Å². The average molecular weight is 305 g/mol. The number of guanidine groups is 1. The van der Waals surface area contributed by atoms with Gasteiger partial charge in [0.05, 0.1) is 26.4 Å². The number of aliphatic imine (C=N–C) groups is 1. The van der Waals surface area contributed by atoms with Crippen LogP contribution in [0.1, 0.15) is 12.8 Å². The van der Waals surface area contributed by atoms with Gasteiger partial charge in [-0.15, -0.1) is 0 Å². The van der Waals surface area contributed by atoms with Gasteiger partial charge in [-0.05, 0) is 12.8 Å². The molecule has 0 aliphatic carbocycles. The van der Waals surface area contributed by atoms with E-state index in [1.54, 1.807) is 21.3 Å². The Labute approximate surface area is 128 Å². The SMILES string of the molecule is CN=C(NCCCOCCOC)NCCCOCCOC. The first-order valence-electron chi connectivity index (χ1n) is 7.43. The molecule has 0 fully saturated rings. The van der Waals surface area contributed by atoms with Crippen LogP contribution in [0.5, 0.6) is 0 Å². The van der Waals surface area contributed by atoms with Crippen molar-refractivity contribution in [3.8, 4) is 0 Å². The summed E-state index contributed by atoms with van der Waals surface area (Å²) in [6, 6.07) is 0. The minimum Gasteiger partial charge on any atom is -0.382 e. The van der Waals surface area contributed by atoms with Crippen molar-refractivity contribution in [3.63, 3.8) is 0 Å². The van der Waals surface area contributed by atoms with Crippen LogP contribution >= 0.6 is 0 Å². The summed E-state index contributed by atoms with van der Waals surface area (Å²) in [7, 11) is 5.10. The largest absolute Gasteiger partial charge is 0.382 e. The van der Waals surface area contributed by atoms with E-state index in [9.17, 15) is 0 Å². The summed E-state index contributed by atoms with van der Waals surface area (Å²) < 4.78 is 20.6. The molecule has 0 aliphatic heterocycles. The maximum Gasteiger partial charge on any atom is 0.190 e. The van der Waals surface area contributed by atoms with Gasteiger partial charge in [0.15, 0.2) is 5.96 Å². The first-order chi connectivity index (χ1) is 10.3. The second-order valence-corrected chi connectivity index (χ2v) is 4.34. The van der Waals surface area contributed by atoms with Gasteiger partial charge >= 0.3 is 0 Å². The number of hydrogen-bond acceptors (Lipinski definition) is 5. The van der Waals surface area contributed by atoms with Crippen molar-refractivity contribution < 1.29 is 18.9 Å². The predicted molar refractivity (Wildman–Crippen MR) is 84.0 cm³/mol. The second kappa shape index (κ2) is 17.2. The number of rotatable bonds is 14. The molecule has 0 unspecified atom stereocenters. The van der Waals surface area contributed by atoms with Crippen molar-refractivity contribution in [2.45, 2.75) is 12.8 Å². The van der Waals surface area contributed by atoms with E-state index in [2.05, 4.69) is 15.6 Å². The Bertz CT molecular complexity index is 220. The first-order valence-corrected chi connectivity index (χ1v) is 7.43. The smallest absolute Gasteiger partial charge is 0.190 e. The molecule has 0 saturated carbocycles. The van der Waals surface area contributed by atoms with Crippen molar-refractivity contribution in [1.82, 2.24) is 10.6 Å². The lowest BCUT2D eigenvalue weighted by atomic mass is 10.4. The van der Waals surface area contributed by atoms with Gasteiger partial charge in [0.25, 0.3) is 0 Å². The molecule has 0 bridgehead atoms. The molecule has 0 atom stereocenters. The highest BCUT2D eigenvalue weighted by molar-refractivity contribution is 5.79. The predicted octanol–water partition coefficient (Wildman–Crippen LogP) is 0.258. The van der Waals surface area contributed by atoms with Crippen molar-refractivity contribution in [2.24, 2.45) is 4.99 Å². The minimum atomic E-state index is 0.642. The van der Waals surface area contributed by atoms with Crippen LogP contribution in [0.2, 0.25) is 0 Å². The molecule has 7 nitrogen and oxygen atoms in total. The van der Waals surface area contributed by atoms with Crippen LogP contribution in [0.3, 0.4) is 0 Å². The quantitative estimate of drug-likeness (QED) is 0.272. The molecule has 0 saturated heterocycles. The van der Waals surface area contributed by atoms with Gasteiger partial charge in [0.1, 0.15) is 0 Å². The van der Waals surface area contributed by atoms with E-state index < -0.39 is 0 Å². The van der Waals surface area contributed by atoms with E-state index in [4.69, 9.17) is 18.9 Å². The monoisotopic (exact) mass is 305 g/mol. The van der Waals surface area contributed by atoms with E-state index in [0.717, 1.165) is 45.1 Å². The van der Waals surface area contributed by atoms with E-state index >= 15 is 0 Å². The standard InChI is InChI=1S/C14H31N3O4/c1-15-14(16-6-4-8-20-12-10-18-2)17-7-5-9-21-13-11-19-3/h4-13H2,1-3H3,(H2,15,16,17). The third-order valence-corrected chi connectivity index (χ3v) is 2.60. The number of ether oxygens (including phenoxy) is 4. The number of nitrogens with zero attached hydrogens (tertiary/aromatic N) is 1. The van der Waals surface area contributed by atoms with Crippen LogP contribution in [0.15, 0.2) is 4.99 Å². The molecular formula is C14H31N3O4. The average Bonchev–Trinajstić information content (AvgIpc) is 2.51. The number of nitrogens with one attached hydrogen (secondary N) is 2. The maximum absolute atomic E-state index is 5.38. The molecule has 7 heteroatoms. The molecule has 126 valence electrons. The minimum absolute atomic E-state index is 0.642. The van der Waals surface area contributed by atoms with Gasteiger partial charge in [-0.1, -0.05) is 0 Å². The molecule has 0 aromatic heterocycles. The van der Waals surface area contributed by atoms with Crippen molar-refractivity contribution in [1.29, 1.82) is 0 Å². The van der Waals surface area contributed by atoms with Crippen LogP contribution in [0, 0.1) is 0 Å². The van der Waals surface area contributed by atoms with Crippen LogP contribution in [-0.2, 0) is 18.9 Å². The third kappa shape index (κ3) is 15.3. The van der Waals surface area contributed by atoms with Crippen LogP contribution < -0.4 is 10.6 Å². The highest BCUT2D eigenvalue weighted by Gasteiger charge is 1.97. The summed E-state index contributed by atoms with van der Waals surface area (Å²) in [6.07, 6.45) is 1.87. The van der Waals surface area contributed by atoms with E-state index in [1.165, 1.54) is 0 Å². The van der Waals surface area contributed by atoms with Gasteiger partial charge in [0, 0.05) is 47.6 Å². The fraction of sp³-hybridized carbons (Fsp3) is 0.929. The van der Waals surface area contributed by atoms with Crippen molar-refractivity contribution in [2.75, 3.05) is 74.0 Å². The molecule has 2 N–H and O–H groups in total. The maximum atomic E-state index is 5.38. The summed E-state index contributed by atoms with van der Waals surface area (Å²) >= 11 is 0. The third-order valence-electron chi connectivity index (χ3n) is 2.60. The Morgan fingerprint density at radius 1 is 0.762 bits per heavy atom. The highest BCUT2D eigenvalue weighted by atomic mass is 16.5. The van der Waals surface area contributed by atoms with Crippen LogP contribution in [-0.4, -0.2) is 80.0 Å². The molecule has 21 heavy (non-hydrogen) atoms. The van der Waals surface area contributed by atoms with Crippen LogP contribution in [0.4, 0.5) is 0 Å². The summed E-state index contributed by atoms with van der Waals surface area (Å²) in [5, 5.41) is 6.48. The molecule has 0 spiro atoms. The normalized spacial score (nSPS) is 10.4. The molecule has 0 aromatic rings. The topological polar surface area (TPSA) is 73.3 Å². The molecule has 0 rings (SSSR count). The summed E-state index contributed by atoms with van der Waals surface area (Å²) in [5.41, 5.74) is 0. The number of methoxy groups -OCH3 is 2. The van der Waals surface area contributed by atoms with Gasteiger partial charge in [-0.25, -0.2) is 0 Å². The number of hydrogen-bond donors (Lipinski definition) is 2. The lowest BCUT2D eigenvalue weighted by Gasteiger charge is -2.12. The van der Waals surface area contributed by atoms with Gasteiger partial charge < -0.3 is 29.6 Å². The Balaban J connectivity index is 3.34. The fourth-order valence-corrected chi connectivity index (χ4v) is 1.47. The fourth-order valence-electron chi connectivity index (χ4n) is 1.47. The highest BCUT2D eigenvalue weighted by Crippen LogP contribution is 1.84. The first kappa shape index (κ1) is 20.1. The van der Waals surface area contributed by atoms with Crippen LogP contribution in [0.25, 0.3) is 0 Å². The van der Waals surface area contributed by atoms with Gasteiger partial charge in [-0.2, -0.15) is 0 Å². The van der Waals surface area contributed by atoms with E-state index in [-0.39, 0.29) is 0 Å². The Morgan fingerprint density at radius 2 is 1.24 bits per heavy atom. The molecular weight excluding hydrogens is 274 g/mol. The van der Waals surface area contributed by atoms with E-state index in [0.29, 0.717) is 26.4 Å². The molecule has 0 aliphatic rings. The zero-order valence-corrected chi connectivity index (χ0v) is 13.7. The van der Waals surface area contributed by atoms with Crippen molar-refractivity contribution in [3.05, 3.63) is 0 Å². The zero-order chi connectivity index (χ0) is 15.6. The van der Waals surface area contributed by atoms with E-state index in [1.807, 2.05) is 0 Å². The zero-order valence-electron chi connectivity index (χ0n) is 13.7. The lowest BCUT2D eigenvalue weighted by Crippen LogP contribution is -2.38. The molecule has 0 radical (unpaired) electrons. The second-order valence-electron chi connectivity index (χ2n) is 4.34. The molecule has 0 heterocycles. The summed E-state index contributed by atoms with van der Waals surface area (Å²) in [6.45, 7) is 5.68. The van der Waals surface area contributed by atoms with Gasteiger partial charge in [-0.3, -0.25) is 4.99 Å². The summed E-state index contributed by atoms with van der Waals surface area (Å²) in [4.78, 5) is 4.16. The Kier molecular flexibility index (Phi) is 16.4. The summed E-state index contributed by atoms with van der Waals surface area (Å²) in [5.74, 6) is 0.809. The Hall–Kier alpha value is -0.890. The molecule has 0 aromatic carbocycles.